The van der Waals surface area contributed by atoms with Crippen molar-refractivity contribution < 1.29 is 14.6 Å². The van der Waals surface area contributed by atoms with E-state index in [0.29, 0.717) is 13.0 Å². The van der Waals surface area contributed by atoms with Crippen LogP contribution in [0.2, 0.25) is 0 Å². The van der Waals surface area contributed by atoms with E-state index in [4.69, 9.17) is 4.74 Å². The Bertz CT molecular complexity index is 435. The molecule has 1 aliphatic rings. The Labute approximate surface area is 101 Å². The van der Waals surface area contributed by atoms with Gasteiger partial charge in [0.2, 0.25) is 0 Å². The first-order valence-corrected chi connectivity index (χ1v) is 6.08. The van der Waals surface area contributed by atoms with Crippen LogP contribution in [0.25, 0.3) is 0 Å². The number of ether oxygens (including phenoxy) is 1. The molecule has 3 nitrogen and oxygen atoms in total. The van der Waals surface area contributed by atoms with Crippen molar-refractivity contribution in [2.45, 2.75) is 45.8 Å². The lowest BCUT2D eigenvalue weighted by Crippen LogP contribution is -2.14. The Morgan fingerprint density at radius 2 is 2.12 bits per heavy atom. The Morgan fingerprint density at radius 3 is 2.82 bits per heavy atom. The second kappa shape index (κ2) is 4.88. The van der Waals surface area contributed by atoms with E-state index in [1.54, 1.807) is 12.1 Å². The molecule has 0 atom stereocenters. The van der Waals surface area contributed by atoms with Gasteiger partial charge in [0.1, 0.15) is 5.75 Å². The number of hydrogen-bond acceptors (Lipinski definition) is 3. The maximum Gasteiger partial charge on any atom is 0.163 e. The van der Waals surface area contributed by atoms with Crippen LogP contribution in [0.4, 0.5) is 0 Å². The minimum atomic E-state index is 0.115. The third kappa shape index (κ3) is 2.50. The Balaban J connectivity index is 2.36. The maximum atomic E-state index is 11.8. The van der Waals surface area contributed by atoms with Crippen LogP contribution in [-0.4, -0.2) is 17.0 Å². The number of phenolic OH excluding ortho intramolecular Hbond substituents is 1. The molecular formula is C14H18O3. The van der Waals surface area contributed by atoms with Crippen LogP contribution in [0.1, 0.15) is 48.2 Å². The van der Waals surface area contributed by atoms with E-state index in [1.807, 2.05) is 13.8 Å². The lowest BCUT2D eigenvalue weighted by Gasteiger charge is -2.20. The zero-order valence-electron chi connectivity index (χ0n) is 10.3. The predicted octanol–water partition coefficient (Wildman–Crippen LogP) is 2.84. The van der Waals surface area contributed by atoms with Gasteiger partial charge in [-0.25, -0.2) is 0 Å². The summed E-state index contributed by atoms with van der Waals surface area (Å²) >= 11 is 0. The summed E-state index contributed by atoms with van der Waals surface area (Å²) in [5.74, 6) is 0.413. The van der Waals surface area contributed by atoms with Crippen LogP contribution in [0.5, 0.6) is 5.75 Å². The van der Waals surface area contributed by atoms with Crippen LogP contribution >= 0.6 is 0 Å². The molecule has 1 aromatic carbocycles. The van der Waals surface area contributed by atoms with Gasteiger partial charge >= 0.3 is 0 Å². The Kier molecular flexibility index (Phi) is 3.48. The van der Waals surface area contributed by atoms with E-state index in [1.165, 1.54) is 0 Å². The van der Waals surface area contributed by atoms with Crippen molar-refractivity contribution in [3.63, 3.8) is 0 Å². The van der Waals surface area contributed by atoms with Gasteiger partial charge in [-0.1, -0.05) is 0 Å². The fourth-order valence-corrected chi connectivity index (χ4v) is 2.20. The summed E-state index contributed by atoms with van der Waals surface area (Å²) in [6, 6.07) is 3.33. The second-order valence-electron chi connectivity index (χ2n) is 4.73. The van der Waals surface area contributed by atoms with Crippen molar-refractivity contribution in [2.24, 2.45) is 0 Å². The highest BCUT2D eigenvalue weighted by Crippen LogP contribution is 2.31. The highest BCUT2D eigenvalue weighted by Gasteiger charge is 2.21. The number of Topliss-reactive ketones (excluding diaryl/α,β-unsaturated/α-hetero) is 1. The van der Waals surface area contributed by atoms with E-state index in [2.05, 4.69) is 0 Å². The fraction of sp³-hybridized carbons (Fsp3) is 0.500. The molecule has 0 saturated heterocycles. The SMILES string of the molecule is CC(C)OCc1c(O)ccc2c1CCCC2=O. The minimum Gasteiger partial charge on any atom is -0.508 e. The van der Waals surface area contributed by atoms with Gasteiger partial charge in [0, 0.05) is 17.5 Å². The van der Waals surface area contributed by atoms with E-state index in [-0.39, 0.29) is 17.6 Å². The molecule has 0 radical (unpaired) electrons. The first-order chi connectivity index (χ1) is 8.09. The molecule has 0 heterocycles. The standard InChI is InChI=1S/C14H18O3/c1-9(2)17-8-12-10-4-3-5-13(15)11(10)6-7-14(12)16/h6-7,9,16H,3-5,8H2,1-2H3. The van der Waals surface area contributed by atoms with Crippen LogP contribution in [-0.2, 0) is 17.8 Å². The Morgan fingerprint density at radius 1 is 1.35 bits per heavy atom. The van der Waals surface area contributed by atoms with E-state index >= 15 is 0 Å². The first-order valence-electron chi connectivity index (χ1n) is 6.08. The molecule has 1 aliphatic carbocycles. The molecule has 0 bridgehead atoms. The van der Waals surface area contributed by atoms with E-state index in [0.717, 1.165) is 29.5 Å². The number of rotatable bonds is 3. The quantitative estimate of drug-likeness (QED) is 0.874. The number of fused-ring (bicyclic) bond motifs is 1. The van der Waals surface area contributed by atoms with Crippen molar-refractivity contribution in [2.75, 3.05) is 0 Å². The lowest BCUT2D eigenvalue weighted by molar-refractivity contribution is 0.0639. The number of carbonyl (C=O) groups is 1. The number of carbonyl (C=O) groups excluding carboxylic acids is 1. The van der Waals surface area contributed by atoms with Gasteiger partial charge in [0.15, 0.2) is 5.78 Å². The molecule has 0 saturated carbocycles. The molecular weight excluding hydrogens is 216 g/mol. The summed E-state index contributed by atoms with van der Waals surface area (Å²) < 4.78 is 5.54. The summed E-state index contributed by atoms with van der Waals surface area (Å²) in [5, 5.41) is 9.87. The zero-order chi connectivity index (χ0) is 12.4. The number of aromatic hydroxyl groups is 1. The van der Waals surface area contributed by atoms with Crippen molar-refractivity contribution in [3.8, 4) is 5.75 Å². The van der Waals surface area contributed by atoms with Crippen molar-refractivity contribution in [3.05, 3.63) is 28.8 Å². The average Bonchev–Trinajstić information content (AvgIpc) is 2.27. The monoisotopic (exact) mass is 234 g/mol. The summed E-state index contributed by atoms with van der Waals surface area (Å²) in [4.78, 5) is 11.8. The fourth-order valence-electron chi connectivity index (χ4n) is 2.20. The molecule has 2 rings (SSSR count). The van der Waals surface area contributed by atoms with Gasteiger partial charge in [-0.15, -0.1) is 0 Å². The minimum absolute atomic E-state index is 0.115. The number of hydrogen-bond donors (Lipinski definition) is 1. The third-order valence-electron chi connectivity index (χ3n) is 3.10. The van der Waals surface area contributed by atoms with Crippen LogP contribution in [0.3, 0.4) is 0 Å². The van der Waals surface area contributed by atoms with Gasteiger partial charge in [-0.3, -0.25) is 4.79 Å². The van der Waals surface area contributed by atoms with Crippen LogP contribution < -0.4 is 0 Å². The topological polar surface area (TPSA) is 46.5 Å². The lowest BCUT2D eigenvalue weighted by atomic mass is 9.87. The molecule has 92 valence electrons. The highest BCUT2D eigenvalue weighted by molar-refractivity contribution is 5.99. The normalized spacial score (nSPS) is 15.1. The number of ketones is 1. The number of benzene rings is 1. The van der Waals surface area contributed by atoms with Crippen molar-refractivity contribution in [1.82, 2.24) is 0 Å². The number of phenols is 1. The van der Waals surface area contributed by atoms with E-state index < -0.39 is 0 Å². The molecule has 0 unspecified atom stereocenters. The van der Waals surface area contributed by atoms with Gasteiger partial charge in [0.05, 0.1) is 12.7 Å². The second-order valence-corrected chi connectivity index (χ2v) is 4.73. The molecule has 0 amide bonds. The van der Waals surface area contributed by atoms with Gasteiger partial charge in [-0.2, -0.15) is 0 Å². The molecule has 3 heteroatoms. The molecule has 0 spiro atoms. The smallest absolute Gasteiger partial charge is 0.163 e. The predicted molar refractivity (Wildman–Crippen MR) is 65.3 cm³/mol. The van der Waals surface area contributed by atoms with Gasteiger partial charge in [0.25, 0.3) is 0 Å². The summed E-state index contributed by atoms with van der Waals surface area (Å²) in [5.41, 5.74) is 2.52. The Hall–Kier alpha value is -1.35. The zero-order valence-corrected chi connectivity index (χ0v) is 10.3. The third-order valence-corrected chi connectivity index (χ3v) is 3.10. The van der Waals surface area contributed by atoms with Gasteiger partial charge < -0.3 is 9.84 Å². The average molecular weight is 234 g/mol. The molecule has 0 aromatic heterocycles. The summed E-state index contributed by atoms with van der Waals surface area (Å²) in [6.07, 6.45) is 2.45. The van der Waals surface area contributed by atoms with Crippen LogP contribution in [0.15, 0.2) is 12.1 Å². The van der Waals surface area contributed by atoms with Crippen LogP contribution in [0, 0.1) is 0 Å². The highest BCUT2D eigenvalue weighted by atomic mass is 16.5. The molecule has 1 aromatic rings. The molecule has 1 N–H and O–H groups in total. The van der Waals surface area contributed by atoms with Gasteiger partial charge in [-0.05, 0) is 44.4 Å². The summed E-state index contributed by atoms with van der Waals surface area (Å²) in [6.45, 7) is 4.29. The maximum absolute atomic E-state index is 11.8. The molecule has 0 fully saturated rings. The first kappa shape index (κ1) is 12.1. The van der Waals surface area contributed by atoms with Crippen molar-refractivity contribution in [1.29, 1.82) is 0 Å². The molecule has 17 heavy (non-hydrogen) atoms. The summed E-state index contributed by atoms with van der Waals surface area (Å²) in [7, 11) is 0. The molecule has 0 aliphatic heterocycles. The van der Waals surface area contributed by atoms with Crippen molar-refractivity contribution >= 4 is 5.78 Å². The van der Waals surface area contributed by atoms with E-state index in [9.17, 15) is 9.90 Å². The largest absolute Gasteiger partial charge is 0.508 e.